The van der Waals surface area contributed by atoms with Crippen LogP contribution in [0, 0.1) is 0 Å². The lowest BCUT2D eigenvalue weighted by molar-refractivity contribution is -0.137. The van der Waals surface area contributed by atoms with Crippen LogP contribution >= 0.6 is 11.8 Å². The highest BCUT2D eigenvalue weighted by molar-refractivity contribution is 8.00. The molecule has 1 aliphatic heterocycles. The summed E-state index contributed by atoms with van der Waals surface area (Å²) in [5.41, 5.74) is -0.780. The van der Waals surface area contributed by atoms with E-state index in [2.05, 4.69) is 5.32 Å². The van der Waals surface area contributed by atoms with Crippen LogP contribution in [0.5, 0.6) is 0 Å². The summed E-state index contributed by atoms with van der Waals surface area (Å²) in [6.45, 7) is 0. The van der Waals surface area contributed by atoms with Gasteiger partial charge in [0.2, 0.25) is 17.7 Å². The average molecular weight is 464 g/mol. The van der Waals surface area contributed by atoms with Crippen molar-refractivity contribution < 1.29 is 37.5 Å². The molecule has 0 bridgehead atoms. The van der Waals surface area contributed by atoms with Gasteiger partial charge in [0.15, 0.2) is 0 Å². The van der Waals surface area contributed by atoms with Gasteiger partial charge >= 0.3 is 12.1 Å². The molecule has 0 aromatic heterocycles. The van der Waals surface area contributed by atoms with E-state index in [1.807, 2.05) is 0 Å². The molecule has 7 nitrogen and oxygen atoms in total. The number of benzene rings is 2. The molecule has 1 fully saturated rings. The summed E-state index contributed by atoms with van der Waals surface area (Å²) >= 11 is 1.03. The molecule has 1 atom stereocenters. The van der Waals surface area contributed by atoms with Crippen LogP contribution in [0.4, 0.5) is 24.5 Å². The first kappa shape index (κ1) is 23.1. The Balaban J connectivity index is 1.73. The van der Waals surface area contributed by atoms with Gasteiger partial charge < -0.3 is 10.4 Å². The molecule has 2 aromatic carbocycles. The third-order valence-corrected chi connectivity index (χ3v) is 5.47. The zero-order valence-electron chi connectivity index (χ0n) is 16.1. The van der Waals surface area contributed by atoms with Gasteiger partial charge in [-0.1, -0.05) is 12.1 Å². The topological polar surface area (TPSA) is 104 Å². The van der Waals surface area contributed by atoms with Gasteiger partial charge in [-0.05, 0) is 36.4 Å². The monoisotopic (exact) mass is 464 g/mol. The molecule has 0 spiro atoms. The molecule has 0 unspecified atom stereocenters. The molecule has 166 valence electrons. The van der Waals surface area contributed by atoms with Crippen molar-refractivity contribution in [3.05, 3.63) is 66.2 Å². The number of nitrogens with zero attached hydrogens (tertiary/aromatic N) is 1. The molecule has 0 aliphatic carbocycles. The van der Waals surface area contributed by atoms with E-state index in [4.69, 9.17) is 5.11 Å². The molecule has 1 saturated heterocycles. The molecular weight excluding hydrogens is 449 g/mol. The minimum Gasteiger partial charge on any atom is -0.478 e. The number of alkyl halides is 3. The third-order valence-electron chi connectivity index (χ3n) is 4.29. The fourth-order valence-corrected chi connectivity index (χ4v) is 4.04. The lowest BCUT2D eigenvalue weighted by Gasteiger charge is -2.17. The second-order valence-corrected chi connectivity index (χ2v) is 7.89. The van der Waals surface area contributed by atoms with E-state index < -0.39 is 40.7 Å². The highest BCUT2D eigenvalue weighted by Gasteiger charge is 2.41. The molecule has 2 aromatic rings. The van der Waals surface area contributed by atoms with Crippen LogP contribution in [0.2, 0.25) is 0 Å². The van der Waals surface area contributed by atoms with Gasteiger partial charge in [-0.3, -0.25) is 14.4 Å². The Morgan fingerprint density at radius 1 is 1.09 bits per heavy atom. The van der Waals surface area contributed by atoms with Crippen LogP contribution in [0.15, 0.2) is 65.6 Å². The second kappa shape index (κ2) is 9.27. The molecule has 1 aliphatic rings. The summed E-state index contributed by atoms with van der Waals surface area (Å²) in [6.07, 6.45) is -3.29. The lowest BCUT2D eigenvalue weighted by Crippen LogP contribution is -2.31. The first-order valence-electron chi connectivity index (χ1n) is 9.07. The molecule has 3 rings (SSSR count). The van der Waals surface area contributed by atoms with Crippen LogP contribution in [0.25, 0.3) is 0 Å². The van der Waals surface area contributed by atoms with Gasteiger partial charge in [-0.25, -0.2) is 9.69 Å². The smallest absolute Gasteiger partial charge is 0.416 e. The molecule has 3 amide bonds. The van der Waals surface area contributed by atoms with E-state index in [-0.39, 0.29) is 12.1 Å². The number of aliphatic carboxylic acids is 1. The van der Waals surface area contributed by atoms with Crippen molar-refractivity contribution in [3.63, 3.8) is 0 Å². The molecular formula is C21H15F3N2O5S. The number of hydrogen-bond acceptors (Lipinski definition) is 5. The minimum absolute atomic E-state index is 0.149. The second-order valence-electron chi connectivity index (χ2n) is 6.61. The number of halogens is 3. The quantitative estimate of drug-likeness (QED) is 0.499. The lowest BCUT2D eigenvalue weighted by atomic mass is 10.2. The van der Waals surface area contributed by atoms with Crippen molar-refractivity contribution in [1.29, 1.82) is 0 Å². The Morgan fingerprint density at radius 3 is 2.50 bits per heavy atom. The van der Waals surface area contributed by atoms with Crippen molar-refractivity contribution in [3.8, 4) is 0 Å². The van der Waals surface area contributed by atoms with E-state index in [9.17, 15) is 32.3 Å². The molecule has 11 heteroatoms. The molecule has 32 heavy (non-hydrogen) atoms. The maximum atomic E-state index is 13.0. The third kappa shape index (κ3) is 5.55. The molecule has 0 radical (unpaired) electrons. The number of amides is 3. The maximum absolute atomic E-state index is 13.0. The van der Waals surface area contributed by atoms with Gasteiger partial charge in [-0.2, -0.15) is 13.2 Å². The zero-order valence-corrected chi connectivity index (χ0v) is 16.9. The van der Waals surface area contributed by atoms with Crippen molar-refractivity contribution in [2.24, 2.45) is 0 Å². The van der Waals surface area contributed by atoms with E-state index in [0.717, 1.165) is 40.9 Å². The van der Waals surface area contributed by atoms with Gasteiger partial charge in [-0.15, -0.1) is 11.8 Å². The van der Waals surface area contributed by atoms with Crippen LogP contribution in [0.1, 0.15) is 12.0 Å². The number of carbonyl (C=O) groups is 4. The molecule has 1 heterocycles. The summed E-state index contributed by atoms with van der Waals surface area (Å²) < 4.78 is 38.9. The van der Waals surface area contributed by atoms with E-state index in [1.54, 1.807) is 18.2 Å². The fourth-order valence-electron chi connectivity index (χ4n) is 2.93. The molecule has 0 saturated carbocycles. The number of carboxylic acid groups (broad SMARTS) is 1. The predicted molar refractivity (Wildman–Crippen MR) is 110 cm³/mol. The Hall–Kier alpha value is -3.60. The number of rotatable bonds is 6. The Labute approximate surface area is 183 Å². The van der Waals surface area contributed by atoms with Crippen LogP contribution in [-0.4, -0.2) is 34.0 Å². The van der Waals surface area contributed by atoms with E-state index in [0.29, 0.717) is 16.7 Å². The minimum atomic E-state index is -4.61. The Morgan fingerprint density at radius 2 is 1.81 bits per heavy atom. The largest absolute Gasteiger partial charge is 0.478 e. The first-order valence-corrected chi connectivity index (χ1v) is 9.95. The Kier molecular flexibility index (Phi) is 6.68. The summed E-state index contributed by atoms with van der Waals surface area (Å²) in [5.74, 6) is -3.20. The number of nitrogens with one attached hydrogen (secondary N) is 1. The average Bonchev–Trinajstić information content (AvgIpc) is 2.99. The highest BCUT2D eigenvalue weighted by Crippen LogP contribution is 2.37. The van der Waals surface area contributed by atoms with E-state index >= 15 is 0 Å². The van der Waals surface area contributed by atoms with Crippen LogP contribution in [-0.2, 0) is 25.4 Å². The van der Waals surface area contributed by atoms with Crippen molar-refractivity contribution >= 4 is 46.8 Å². The Bertz CT molecular complexity index is 1120. The van der Waals surface area contributed by atoms with Crippen molar-refractivity contribution in [2.45, 2.75) is 22.7 Å². The van der Waals surface area contributed by atoms with Gasteiger partial charge in [0.05, 0.1) is 16.5 Å². The number of anilines is 2. The standard InChI is InChI=1S/C21H15F3N2O5S/c22-21(23,24)12-3-1-5-14(9-12)26-18(28)11-16(20(26)31)32-15-6-2-4-13(10-15)25-17(27)7-8-19(29)30/h1-10,16H,11H2,(H,25,27)(H,29,30)/b8-7+/t16-/m1/s1. The first-order chi connectivity index (χ1) is 15.0. The van der Waals surface area contributed by atoms with Crippen LogP contribution < -0.4 is 10.2 Å². The number of carboxylic acids is 1. The maximum Gasteiger partial charge on any atom is 0.416 e. The van der Waals surface area contributed by atoms with Crippen molar-refractivity contribution in [1.82, 2.24) is 0 Å². The number of hydrogen-bond donors (Lipinski definition) is 2. The van der Waals surface area contributed by atoms with Crippen molar-refractivity contribution in [2.75, 3.05) is 10.2 Å². The predicted octanol–water partition coefficient (Wildman–Crippen LogP) is 3.71. The highest BCUT2D eigenvalue weighted by atomic mass is 32.2. The SMILES string of the molecule is O=C(O)/C=C/C(=O)Nc1cccc(S[C@@H]2CC(=O)N(c3cccc(C(F)(F)F)c3)C2=O)c1. The number of imide groups is 1. The summed E-state index contributed by atoms with van der Waals surface area (Å²) in [5, 5.41) is 10.2. The molecule has 2 N–H and O–H groups in total. The van der Waals surface area contributed by atoms with E-state index in [1.165, 1.54) is 12.1 Å². The zero-order chi connectivity index (χ0) is 23.5. The summed E-state index contributed by atoms with van der Waals surface area (Å²) in [6, 6.07) is 10.3. The van der Waals surface area contributed by atoms with Gasteiger partial charge in [0.1, 0.15) is 0 Å². The van der Waals surface area contributed by atoms with Gasteiger partial charge in [0, 0.05) is 29.2 Å². The normalized spacial score (nSPS) is 16.6. The van der Waals surface area contributed by atoms with Crippen LogP contribution in [0.3, 0.4) is 0 Å². The summed E-state index contributed by atoms with van der Waals surface area (Å²) in [4.78, 5) is 48.6. The van der Waals surface area contributed by atoms with Gasteiger partial charge in [0.25, 0.3) is 0 Å². The fraction of sp³-hybridized carbons (Fsp3) is 0.143. The summed E-state index contributed by atoms with van der Waals surface area (Å²) in [7, 11) is 0. The number of thioether (sulfide) groups is 1. The number of carbonyl (C=O) groups excluding carboxylic acids is 3.